The summed E-state index contributed by atoms with van der Waals surface area (Å²) in [7, 11) is 3.24. The molecule has 20 heavy (non-hydrogen) atoms. The number of nitrogens with zero attached hydrogens (tertiary/aromatic N) is 1. The summed E-state index contributed by atoms with van der Waals surface area (Å²) >= 11 is 0. The van der Waals surface area contributed by atoms with Crippen molar-refractivity contribution >= 4 is 16.6 Å². The summed E-state index contributed by atoms with van der Waals surface area (Å²) in [4.78, 5) is 4.73. The first-order chi connectivity index (χ1) is 9.29. The molecule has 108 valence electrons. The van der Waals surface area contributed by atoms with Crippen LogP contribution in [0, 0.1) is 6.92 Å². The van der Waals surface area contributed by atoms with E-state index in [1.807, 2.05) is 6.92 Å². The van der Waals surface area contributed by atoms with E-state index < -0.39 is 0 Å². The number of fused-ring (bicyclic) bond motifs is 1. The molecule has 4 nitrogen and oxygen atoms in total. The van der Waals surface area contributed by atoms with Crippen molar-refractivity contribution in [1.29, 1.82) is 0 Å². The average molecular weight is 274 g/mol. The molecule has 0 fully saturated rings. The van der Waals surface area contributed by atoms with Gasteiger partial charge in [0.1, 0.15) is 0 Å². The van der Waals surface area contributed by atoms with Gasteiger partial charge in [-0.25, -0.2) is 4.98 Å². The lowest BCUT2D eigenvalue weighted by molar-refractivity contribution is 0.358. The largest absolute Gasteiger partial charge is 0.493 e. The zero-order valence-corrected chi connectivity index (χ0v) is 13.0. The Labute approximate surface area is 119 Å². The minimum Gasteiger partial charge on any atom is -0.493 e. The molecule has 0 bridgehead atoms. The number of ether oxygens (including phenoxy) is 2. The van der Waals surface area contributed by atoms with Crippen LogP contribution in [0.25, 0.3) is 10.9 Å². The molecule has 0 aliphatic carbocycles. The summed E-state index contributed by atoms with van der Waals surface area (Å²) in [5, 5.41) is 0.914. The highest BCUT2D eigenvalue weighted by Gasteiger charge is 2.21. The molecule has 0 aliphatic heterocycles. The van der Waals surface area contributed by atoms with Crippen molar-refractivity contribution in [3.63, 3.8) is 0 Å². The summed E-state index contributed by atoms with van der Waals surface area (Å²) in [6.45, 7) is 8.45. The number of hydrogen-bond acceptors (Lipinski definition) is 4. The molecule has 1 aromatic carbocycles. The molecule has 4 heteroatoms. The van der Waals surface area contributed by atoms with Crippen LogP contribution < -0.4 is 15.2 Å². The number of anilines is 1. The zero-order chi connectivity index (χ0) is 15.1. The Balaban J connectivity index is 2.90. The number of methoxy groups -OCH3 is 2. The van der Waals surface area contributed by atoms with Crippen LogP contribution in [0.3, 0.4) is 0 Å². The molecule has 0 amide bonds. The molecule has 0 saturated heterocycles. The summed E-state index contributed by atoms with van der Waals surface area (Å²) < 4.78 is 10.8. The Bertz CT molecular complexity index is 658. The van der Waals surface area contributed by atoms with Crippen molar-refractivity contribution in [2.24, 2.45) is 0 Å². The molecule has 2 aromatic rings. The van der Waals surface area contributed by atoms with Crippen LogP contribution >= 0.6 is 0 Å². The first-order valence-corrected chi connectivity index (χ1v) is 6.62. The van der Waals surface area contributed by atoms with Crippen molar-refractivity contribution < 1.29 is 9.47 Å². The average Bonchev–Trinajstić information content (AvgIpc) is 2.37. The number of nitrogen functional groups attached to an aromatic ring is 1. The van der Waals surface area contributed by atoms with Gasteiger partial charge in [-0.3, -0.25) is 0 Å². The third-order valence-electron chi connectivity index (χ3n) is 3.42. The highest BCUT2D eigenvalue weighted by molar-refractivity contribution is 5.98. The molecular formula is C16H22N2O2. The van der Waals surface area contributed by atoms with E-state index in [2.05, 4.69) is 26.8 Å². The number of benzene rings is 1. The fraction of sp³-hybridized carbons (Fsp3) is 0.438. The minimum atomic E-state index is -0.0292. The molecule has 1 aromatic heterocycles. The van der Waals surface area contributed by atoms with Crippen LogP contribution in [-0.2, 0) is 5.41 Å². The van der Waals surface area contributed by atoms with E-state index in [-0.39, 0.29) is 5.41 Å². The van der Waals surface area contributed by atoms with Crippen molar-refractivity contribution in [3.05, 3.63) is 23.4 Å². The van der Waals surface area contributed by atoms with Crippen LogP contribution in [0.2, 0.25) is 0 Å². The van der Waals surface area contributed by atoms with Gasteiger partial charge in [0.2, 0.25) is 0 Å². The first kappa shape index (κ1) is 14.4. The number of rotatable bonds is 2. The van der Waals surface area contributed by atoms with Gasteiger partial charge in [-0.1, -0.05) is 20.8 Å². The maximum atomic E-state index is 6.14. The van der Waals surface area contributed by atoms with Crippen molar-refractivity contribution in [3.8, 4) is 11.5 Å². The number of aromatic nitrogens is 1. The number of pyridine rings is 1. The van der Waals surface area contributed by atoms with Crippen molar-refractivity contribution in [1.82, 2.24) is 4.98 Å². The number of hydrogen-bond donors (Lipinski definition) is 1. The molecule has 0 radical (unpaired) electrons. The normalized spacial score (nSPS) is 11.7. The minimum absolute atomic E-state index is 0.0292. The van der Waals surface area contributed by atoms with Gasteiger partial charge in [0.05, 0.1) is 30.8 Å². The van der Waals surface area contributed by atoms with Gasteiger partial charge in [0.25, 0.3) is 0 Å². The molecule has 0 aliphatic rings. The molecule has 0 atom stereocenters. The quantitative estimate of drug-likeness (QED) is 0.852. The molecule has 0 spiro atoms. The number of nitrogens with two attached hydrogens (primary N) is 1. The molecule has 0 unspecified atom stereocenters. The maximum absolute atomic E-state index is 6.14. The molecule has 2 rings (SSSR count). The zero-order valence-electron chi connectivity index (χ0n) is 13.0. The van der Waals surface area contributed by atoms with Gasteiger partial charge in [0.15, 0.2) is 11.5 Å². The third-order valence-corrected chi connectivity index (χ3v) is 3.42. The van der Waals surface area contributed by atoms with E-state index in [9.17, 15) is 0 Å². The van der Waals surface area contributed by atoms with E-state index in [1.165, 1.54) is 0 Å². The lowest BCUT2D eigenvalue weighted by atomic mass is 9.90. The van der Waals surface area contributed by atoms with Crippen molar-refractivity contribution in [2.45, 2.75) is 33.1 Å². The fourth-order valence-electron chi connectivity index (χ4n) is 2.30. The van der Waals surface area contributed by atoms with Crippen molar-refractivity contribution in [2.75, 3.05) is 20.0 Å². The Kier molecular flexibility index (Phi) is 3.50. The second-order valence-electron chi connectivity index (χ2n) is 6.00. The van der Waals surface area contributed by atoms with E-state index in [4.69, 9.17) is 20.2 Å². The predicted octanol–water partition coefficient (Wildman–Crippen LogP) is 3.44. The van der Waals surface area contributed by atoms with Gasteiger partial charge in [-0.2, -0.15) is 0 Å². The van der Waals surface area contributed by atoms with Crippen LogP contribution in [0.15, 0.2) is 12.1 Å². The summed E-state index contributed by atoms with van der Waals surface area (Å²) in [6.07, 6.45) is 0. The summed E-state index contributed by atoms with van der Waals surface area (Å²) in [5.74, 6) is 1.31. The van der Waals surface area contributed by atoms with Gasteiger partial charge in [-0.15, -0.1) is 0 Å². The van der Waals surface area contributed by atoms with Gasteiger partial charge in [-0.05, 0) is 18.6 Å². The highest BCUT2D eigenvalue weighted by atomic mass is 16.5. The van der Waals surface area contributed by atoms with E-state index in [0.717, 1.165) is 22.2 Å². The smallest absolute Gasteiger partial charge is 0.170 e. The highest BCUT2D eigenvalue weighted by Crippen LogP contribution is 2.41. The molecule has 2 N–H and O–H groups in total. The van der Waals surface area contributed by atoms with Crippen LogP contribution in [0.4, 0.5) is 5.69 Å². The van der Waals surface area contributed by atoms with E-state index in [1.54, 1.807) is 20.3 Å². The molecule has 0 saturated carbocycles. The van der Waals surface area contributed by atoms with E-state index in [0.29, 0.717) is 17.2 Å². The predicted molar refractivity (Wildman–Crippen MR) is 82.7 cm³/mol. The van der Waals surface area contributed by atoms with Crippen LogP contribution in [0.1, 0.15) is 32.0 Å². The SMILES string of the molecule is COc1cc(N)c2nc(C(C)(C)C)cc(C)c2c1OC. The maximum Gasteiger partial charge on any atom is 0.170 e. The van der Waals surface area contributed by atoms with E-state index >= 15 is 0 Å². The van der Waals surface area contributed by atoms with Crippen LogP contribution in [-0.4, -0.2) is 19.2 Å². The first-order valence-electron chi connectivity index (χ1n) is 6.62. The molecular weight excluding hydrogens is 252 g/mol. The Morgan fingerprint density at radius 1 is 1.10 bits per heavy atom. The Morgan fingerprint density at radius 2 is 1.75 bits per heavy atom. The second kappa shape index (κ2) is 4.85. The van der Waals surface area contributed by atoms with Crippen LogP contribution in [0.5, 0.6) is 11.5 Å². The number of aryl methyl sites for hydroxylation is 1. The van der Waals surface area contributed by atoms with Gasteiger partial charge >= 0.3 is 0 Å². The lowest BCUT2D eigenvalue weighted by Crippen LogP contribution is -2.14. The van der Waals surface area contributed by atoms with Gasteiger partial charge in [0, 0.05) is 17.2 Å². The Morgan fingerprint density at radius 3 is 2.25 bits per heavy atom. The Hall–Kier alpha value is -1.97. The summed E-state index contributed by atoms with van der Waals surface area (Å²) in [6, 6.07) is 3.85. The second-order valence-corrected chi connectivity index (χ2v) is 6.00. The molecule has 1 heterocycles. The monoisotopic (exact) mass is 274 g/mol. The topological polar surface area (TPSA) is 57.4 Å². The fourth-order valence-corrected chi connectivity index (χ4v) is 2.30. The standard InChI is InChI=1S/C16H22N2O2/c1-9-7-12(16(2,3)4)18-14-10(17)8-11(19-5)15(20-6)13(9)14/h7-8H,17H2,1-6H3. The third kappa shape index (κ3) is 2.26. The van der Waals surface area contributed by atoms with Gasteiger partial charge < -0.3 is 15.2 Å². The summed E-state index contributed by atoms with van der Waals surface area (Å²) in [5.41, 5.74) is 9.59. The lowest BCUT2D eigenvalue weighted by Gasteiger charge is -2.21.